The summed E-state index contributed by atoms with van der Waals surface area (Å²) in [6, 6.07) is -0.0706. The Labute approximate surface area is 69.1 Å². The predicted molar refractivity (Wildman–Crippen MR) is 43.4 cm³/mol. The van der Waals surface area contributed by atoms with Crippen molar-refractivity contribution < 1.29 is 0 Å². The lowest BCUT2D eigenvalue weighted by Gasteiger charge is -2.07. The molecule has 0 aliphatic heterocycles. The van der Waals surface area contributed by atoms with Crippen LogP contribution in [0.1, 0.15) is 18.2 Å². The Kier molecular flexibility index (Phi) is 2.98. The minimum absolute atomic E-state index is 0.0706. The standard InChI is InChI=1S/C6H8N4S/c1-2-3-5(9-7)6-4-8-11-10-6/h1,4-5,9H,3,7H2. The summed E-state index contributed by atoms with van der Waals surface area (Å²) >= 11 is 1.14. The van der Waals surface area contributed by atoms with Crippen LogP contribution in [0, 0.1) is 12.3 Å². The number of terminal acetylenes is 1. The fourth-order valence-electron chi connectivity index (χ4n) is 0.692. The maximum absolute atomic E-state index is 5.24. The van der Waals surface area contributed by atoms with Gasteiger partial charge in [0.25, 0.3) is 0 Å². The van der Waals surface area contributed by atoms with Gasteiger partial charge in [-0.15, -0.1) is 12.3 Å². The van der Waals surface area contributed by atoms with E-state index in [1.807, 2.05) is 0 Å². The number of nitrogens with one attached hydrogen (secondary N) is 1. The first-order valence-corrected chi connectivity index (χ1v) is 3.78. The van der Waals surface area contributed by atoms with Gasteiger partial charge in [0.2, 0.25) is 0 Å². The smallest absolute Gasteiger partial charge is 0.0935 e. The number of aromatic nitrogens is 2. The van der Waals surface area contributed by atoms with Crippen molar-refractivity contribution in [1.82, 2.24) is 14.2 Å². The van der Waals surface area contributed by atoms with Crippen LogP contribution in [0.15, 0.2) is 6.20 Å². The molecule has 1 heterocycles. The number of hydrogen-bond donors (Lipinski definition) is 2. The van der Waals surface area contributed by atoms with Crippen molar-refractivity contribution in [2.75, 3.05) is 0 Å². The lowest BCUT2D eigenvalue weighted by atomic mass is 10.2. The first kappa shape index (κ1) is 8.14. The van der Waals surface area contributed by atoms with Gasteiger partial charge in [-0.2, -0.15) is 8.75 Å². The summed E-state index contributed by atoms with van der Waals surface area (Å²) in [5.74, 6) is 7.74. The second-order valence-electron chi connectivity index (χ2n) is 1.96. The lowest BCUT2D eigenvalue weighted by Crippen LogP contribution is -2.27. The van der Waals surface area contributed by atoms with Gasteiger partial charge in [0, 0.05) is 6.42 Å². The van der Waals surface area contributed by atoms with E-state index in [2.05, 4.69) is 20.1 Å². The Bertz CT molecular complexity index is 238. The van der Waals surface area contributed by atoms with Crippen molar-refractivity contribution in [3.05, 3.63) is 11.9 Å². The SMILES string of the molecule is C#CCC(NN)c1cnsn1. The van der Waals surface area contributed by atoms with Crippen LogP contribution in [0.5, 0.6) is 0 Å². The van der Waals surface area contributed by atoms with Gasteiger partial charge in [0.05, 0.1) is 29.7 Å². The summed E-state index contributed by atoms with van der Waals surface area (Å²) < 4.78 is 7.84. The van der Waals surface area contributed by atoms with Crippen LogP contribution >= 0.6 is 11.7 Å². The number of hydrazine groups is 1. The van der Waals surface area contributed by atoms with Gasteiger partial charge in [-0.25, -0.2) is 0 Å². The molecule has 0 aliphatic rings. The van der Waals surface area contributed by atoms with Crippen LogP contribution in [0.4, 0.5) is 0 Å². The van der Waals surface area contributed by atoms with E-state index in [1.54, 1.807) is 6.20 Å². The molecule has 0 spiro atoms. The Morgan fingerprint density at radius 3 is 3.18 bits per heavy atom. The highest BCUT2D eigenvalue weighted by molar-refractivity contribution is 6.99. The zero-order chi connectivity index (χ0) is 8.10. The van der Waals surface area contributed by atoms with Crippen LogP contribution in [0.3, 0.4) is 0 Å². The minimum Gasteiger partial charge on any atom is -0.271 e. The first-order chi connectivity index (χ1) is 5.38. The molecule has 0 radical (unpaired) electrons. The molecule has 0 aromatic carbocycles. The summed E-state index contributed by atoms with van der Waals surface area (Å²) in [6.45, 7) is 0. The molecule has 0 saturated heterocycles. The maximum atomic E-state index is 5.24. The van der Waals surface area contributed by atoms with Crippen LogP contribution < -0.4 is 11.3 Å². The van der Waals surface area contributed by atoms with Gasteiger partial charge in [0.15, 0.2) is 0 Å². The fraction of sp³-hybridized carbons (Fsp3) is 0.333. The monoisotopic (exact) mass is 168 g/mol. The van der Waals surface area contributed by atoms with Crippen molar-refractivity contribution in [2.24, 2.45) is 5.84 Å². The lowest BCUT2D eigenvalue weighted by molar-refractivity contribution is 0.558. The second-order valence-corrected chi connectivity index (χ2v) is 2.52. The van der Waals surface area contributed by atoms with E-state index >= 15 is 0 Å². The van der Waals surface area contributed by atoms with Crippen LogP contribution in [-0.4, -0.2) is 8.75 Å². The largest absolute Gasteiger partial charge is 0.271 e. The van der Waals surface area contributed by atoms with Gasteiger partial charge >= 0.3 is 0 Å². The van der Waals surface area contributed by atoms with Crippen molar-refractivity contribution in [3.63, 3.8) is 0 Å². The van der Waals surface area contributed by atoms with Gasteiger partial charge in [0.1, 0.15) is 0 Å². The second kappa shape index (κ2) is 4.03. The van der Waals surface area contributed by atoms with Crippen molar-refractivity contribution in [3.8, 4) is 12.3 Å². The predicted octanol–water partition coefficient (Wildman–Crippen LogP) is 0.0658. The van der Waals surface area contributed by atoms with E-state index in [9.17, 15) is 0 Å². The highest BCUT2D eigenvalue weighted by Crippen LogP contribution is 2.11. The molecule has 5 heteroatoms. The van der Waals surface area contributed by atoms with Crippen molar-refractivity contribution in [2.45, 2.75) is 12.5 Å². The van der Waals surface area contributed by atoms with Gasteiger partial charge in [-0.1, -0.05) is 0 Å². The number of rotatable bonds is 3. The van der Waals surface area contributed by atoms with E-state index < -0.39 is 0 Å². The summed E-state index contributed by atoms with van der Waals surface area (Å²) in [6.07, 6.45) is 7.31. The summed E-state index contributed by atoms with van der Waals surface area (Å²) in [7, 11) is 0. The highest BCUT2D eigenvalue weighted by Gasteiger charge is 2.09. The molecule has 0 amide bonds. The molecule has 1 unspecified atom stereocenters. The Balaban J connectivity index is 2.65. The van der Waals surface area contributed by atoms with Gasteiger partial charge in [-0.05, 0) is 0 Å². The quantitative estimate of drug-likeness (QED) is 0.381. The molecule has 1 aromatic heterocycles. The normalized spacial score (nSPS) is 12.4. The average Bonchev–Trinajstić information content (AvgIpc) is 2.52. The molecule has 58 valence electrons. The maximum Gasteiger partial charge on any atom is 0.0935 e. The molecule has 0 aliphatic carbocycles. The summed E-state index contributed by atoms with van der Waals surface area (Å²) in [4.78, 5) is 0. The van der Waals surface area contributed by atoms with E-state index in [-0.39, 0.29) is 6.04 Å². The Morgan fingerprint density at radius 1 is 1.91 bits per heavy atom. The third-order valence-electron chi connectivity index (χ3n) is 1.26. The molecule has 1 aromatic rings. The zero-order valence-electron chi connectivity index (χ0n) is 5.82. The minimum atomic E-state index is -0.0706. The first-order valence-electron chi connectivity index (χ1n) is 3.05. The average molecular weight is 168 g/mol. The fourth-order valence-corrected chi connectivity index (χ4v) is 1.16. The molecule has 1 atom stereocenters. The van der Waals surface area contributed by atoms with Crippen LogP contribution in [0.2, 0.25) is 0 Å². The van der Waals surface area contributed by atoms with E-state index in [4.69, 9.17) is 12.3 Å². The van der Waals surface area contributed by atoms with E-state index in [0.717, 1.165) is 17.4 Å². The number of hydrogen-bond acceptors (Lipinski definition) is 5. The molecule has 0 saturated carbocycles. The topological polar surface area (TPSA) is 63.8 Å². The Hall–Kier alpha value is -0.960. The third kappa shape index (κ3) is 1.98. The van der Waals surface area contributed by atoms with Crippen LogP contribution in [0.25, 0.3) is 0 Å². The van der Waals surface area contributed by atoms with Crippen LogP contribution in [-0.2, 0) is 0 Å². The van der Waals surface area contributed by atoms with Crippen molar-refractivity contribution in [1.29, 1.82) is 0 Å². The molecule has 0 bridgehead atoms. The molecular formula is C6H8N4S. The summed E-state index contributed by atoms with van der Waals surface area (Å²) in [5, 5.41) is 0. The summed E-state index contributed by atoms with van der Waals surface area (Å²) in [5.41, 5.74) is 3.37. The number of nitrogens with zero attached hydrogens (tertiary/aromatic N) is 2. The molecule has 3 N–H and O–H groups in total. The Morgan fingerprint density at radius 2 is 2.73 bits per heavy atom. The third-order valence-corrected chi connectivity index (χ3v) is 1.75. The molecule has 11 heavy (non-hydrogen) atoms. The van der Waals surface area contributed by atoms with Crippen molar-refractivity contribution >= 4 is 11.7 Å². The zero-order valence-corrected chi connectivity index (χ0v) is 6.64. The van der Waals surface area contributed by atoms with Gasteiger partial charge < -0.3 is 0 Å². The molecule has 1 rings (SSSR count). The van der Waals surface area contributed by atoms with E-state index in [0.29, 0.717) is 6.42 Å². The molecule has 0 fully saturated rings. The highest BCUT2D eigenvalue weighted by atomic mass is 32.1. The number of nitrogens with two attached hydrogens (primary N) is 1. The van der Waals surface area contributed by atoms with Gasteiger partial charge in [-0.3, -0.25) is 11.3 Å². The molecular weight excluding hydrogens is 160 g/mol. The van der Waals surface area contributed by atoms with E-state index in [1.165, 1.54) is 0 Å². The molecule has 4 nitrogen and oxygen atoms in total.